The highest BCUT2D eigenvalue weighted by Crippen LogP contribution is 2.15. The lowest BCUT2D eigenvalue weighted by atomic mass is 10.0. The van der Waals surface area contributed by atoms with Crippen LogP contribution in [0.3, 0.4) is 0 Å². The molecule has 21 heavy (non-hydrogen) atoms. The maximum absolute atomic E-state index is 12.1. The average Bonchev–Trinajstić information content (AvgIpc) is 2.48. The third-order valence-electron chi connectivity index (χ3n) is 3.34. The Morgan fingerprint density at radius 2 is 1.76 bits per heavy atom. The summed E-state index contributed by atoms with van der Waals surface area (Å²) in [4.78, 5) is 12.1. The van der Waals surface area contributed by atoms with Crippen molar-refractivity contribution in [2.45, 2.75) is 25.5 Å². The van der Waals surface area contributed by atoms with Gasteiger partial charge in [0.05, 0.1) is 22.7 Å². The van der Waals surface area contributed by atoms with E-state index in [1.165, 1.54) is 0 Å². The normalized spacial score (nSPS) is 13.5. The van der Waals surface area contributed by atoms with Crippen molar-refractivity contribution in [2.24, 2.45) is 0 Å². The number of hydrogen-bond acceptors (Lipinski definition) is 2. The van der Waals surface area contributed by atoms with Crippen molar-refractivity contribution in [3.63, 3.8) is 0 Å². The maximum atomic E-state index is 12.1. The zero-order valence-electron chi connectivity index (χ0n) is 11.8. The summed E-state index contributed by atoms with van der Waals surface area (Å²) in [7, 11) is 0. The van der Waals surface area contributed by atoms with Crippen molar-refractivity contribution in [1.82, 2.24) is 5.32 Å². The number of hydrogen-bond donors (Lipinski definition) is 2. The van der Waals surface area contributed by atoms with E-state index in [2.05, 4.69) is 5.32 Å². The Kier molecular flexibility index (Phi) is 5.37. The molecule has 2 rings (SSSR count). The first kappa shape index (κ1) is 15.5. The van der Waals surface area contributed by atoms with Crippen molar-refractivity contribution in [3.05, 3.63) is 70.7 Å². The van der Waals surface area contributed by atoms with Crippen molar-refractivity contribution < 1.29 is 9.90 Å². The summed E-state index contributed by atoms with van der Waals surface area (Å²) in [5, 5.41) is 13.4. The Labute approximate surface area is 129 Å². The highest BCUT2D eigenvalue weighted by atomic mass is 35.5. The van der Waals surface area contributed by atoms with Crippen LogP contribution in [0.1, 0.15) is 22.8 Å². The maximum Gasteiger partial charge on any atom is 0.253 e. The molecule has 0 unspecified atom stereocenters. The van der Waals surface area contributed by atoms with Crippen molar-refractivity contribution >= 4 is 17.5 Å². The Bertz CT molecular complexity index is 601. The SMILES string of the molecule is C[C@@H](NC(=O)c1ccccc1Cl)[C@@H](O)Cc1ccccc1. The number of carbonyl (C=O) groups excluding carboxylic acids is 1. The summed E-state index contributed by atoms with van der Waals surface area (Å²) in [5.41, 5.74) is 1.45. The third kappa shape index (κ3) is 4.31. The van der Waals surface area contributed by atoms with Gasteiger partial charge in [-0.1, -0.05) is 54.1 Å². The minimum absolute atomic E-state index is 0.278. The van der Waals surface area contributed by atoms with E-state index < -0.39 is 6.10 Å². The molecule has 2 atom stereocenters. The molecule has 110 valence electrons. The fraction of sp³-hybridized carbons (Fsp3) is 0.235. The predicted molar refractivity (Wildman–Crippen MR) is 84.5 cm³/mol. The van der Waals surface area contributed by atoms with Gasteiger partial charge in [0.25, 0.3) is 5.91 Å². The van der Waals surface area contributed by atoms with Gasteiger partial charge in [-0.15, -0.1) is 0 Å². The molecule has 2 aromatic rings. The van der Waals surface area contributed by atoms with Gasteiger partial charge >= 0.3 is 0 Å². The van der Waals surface area contributed by atoms with E-state index in [1.54, 1.807) is 31.2 Å². The Morgan fingerprint density at radius 1 is 1.14 bits per heavy atom. The molecule has 3 nitrogen and oxygen atoms in total. The van der Waals surface area contributed by atoms with E-state index in [4.69, 9.17) is 11.6 Å². The molecule has 0 aromatic heterocycles. The van der Waals surface area contributed by atoms with Gasteiger partial charge in [0.2, 0.25) is 0 Å². The van der Waals surface area contributed by atoms with E-state index in [0.717, 1.165) is 5.56 Å². The molecule has 0 saturated heterocycles. The number of aliphatic hydroxyl groups is 1. The molecule has 0 bridgehead atoms. The molecule has 0 saturated carbocycles. The van der Waals surface area contributed by atoms with Gasteiger partial charge in [0.15, 0.2) is 0 Å². The van der Waals surface area contributed by atoms with Gasteiger partial charge in [-0.05, 0) is 24.6 Å². The van der Waals surface area contributed by atoms with Gasteiger partial charge in [0, 0.05) is 6.42 Å². The number of halogens is 1. The van der Waals surface area contributed by atoms with Crippen molar-refractivity contribution in [3.8, 4) is 0 Å². The molecule has 0 fully saturated rings. The number of amides is 1. The smallest absolute Gasteiger partial charge is 0.253 e. The fourth-order valence-corrected chi connectivity index (χ4v) is 2.28. The van der Waals surface area contributed by atoms with Crippen molar-refractivity contribution in [1.29, 1.82) is 0 Å². The summed E-state index contributed by atoms with van der Waals surface area (Å²) < 4.78 is 0. The largest absolute Gasteiger partial charge is 0.391 e. The molecule has 1 amide bonds. The molecule has 2 N–H and O–H groups in total. The molecule has 0 aliphatic rings. The van der Waals surface area contributed by atoms with Gasteiger partial charge in [0.1, 0.15) is 0 Å². The van der Waals surface area contributed by atoms with E-state index in [9.17, 15) is 9.90 Å². The third-order valence-corrected chi connectivity index (χ3v) is 3.67. The van der Waals surface area contributed by atoms with E-state index in [0.29, 0.717) is 17.0 Å². The Hall–Kier alpha value is -1.84. The van der Waals surface area contributed by atoms with Crippen LogP contribution in [0.4, 0.5) is 0 Å². The van der Waals surface area contributed by atoms with E-state index >= 15 is 0 Å². The first-order valence-corrected chi connectivity index (χ1v) is 7.23. The van der Waals surface area contributed by atoms with Crippen LogP contribution in [0.5, 0.6) is 0 Å². The molecule has 0 heterocycles. The average molecular weight is 304 g/mol. The van der Waals surface area contributed by atoms with E-state index in [-0.39, 0.29) is 11.9 Å². The molecular weight excluding hydrogens is 286 g/mol. The van der Waals surface area contributed by atoms with Crippen LogP contribution in [-0.4, -0.2) is 23.2 Å². The van der Waals surface area contributed by atoms with Gasteiger partial charge in [-0.25, -0.2) is 0 Å². The number of benzene rings is 2. The van der Waals surface area contributed by atoms with Crippen LogP contribution >= 0.6 is 11.6 Å². The van der Waals surface area contributed by atoms with Crippen LogP contribution in [0.2, 0.25) is 5.02 Å². The lowest BCUT2D eigenvalue weighted by Crippen LogP contribution is -2.42. The lowest BCUT2D eigenvalue weighted by Gasteiger charge is -2.20. The van der Waals surface area contributed by atoms with Gasteiger partial charge in [-0.3, -0.25) is 4.79 Å². The second-order valence-corrected chi connectivity index (χ2v) is 5.41. The molecule has 2 aromatic carbocycles. The van der Waals surface area contributed by atoms with Gasteiger partial charge < -0.3 is 10.4 Å². The summed E-state index contributed by atoms with van der Waals surface area (Å²) in [6, 6.07) is 16.2. The number of nitrogens with one attached hydrogen (secondary N) is 1. The topological polar surface area (TPSA) is 49.3 Å². The number of aliphatic hydroxyl groups excluding tert-OH is 1. The zero-order valence-corrected chi connectivity index (χ0v) is 12.5. The molecule has 4 heteroatoms. The number of rotatable bonds is 5. The second kappa shape index (κ2) is 7.25. The summed E-state index contributed by atoms with van der Waals surface area (Å²) >= 11 is 5.99. The monoisotopic (exact) mass is 303 g/mol. The number of carbonyl (C=O) groups is 1. The predicted octanol–water partition coefficient (Wildman–Crippen LogP) is 3.06. The zero-order chi connectivity index (χ0) is 15.2. The summed E-state index contributed by atoms with van der Waals surface area (Å²) in [6.07, 6.45) is -0.163. The highest BCUT2D eigenvalue weighted by Gasteiger charge is 2.18. The van der Waals surface area contributed by atoms with Crippen LogP contribution < -0.4 is 5.32 Å². The quantitative estimate of drug-likeness (QED) is 0.892. The lowest BCUT2D eigenvalue weighted by molar-refractivity contribution is 0.0852. The van der Waals surface area contributed by atoms with Crippen molar-refractivity contribution in [2.75, 3.05) is 0 Å². The van der Waals surface area contributed by atoms with Gasteiger partial charge in [-0.2, -0.15) is 0 Å². The molecular formula is C17H18ClNO2. The fourth-order valence-electron chi connectivity index (χ4n) is 2.06. The first-order valence-electron chi connectivity index (χ1n) is 6.85. The highest BCUT2D eigenvalue weighted by molar-refractivity contribution is 6.33. The molecule has 0 radical (unpaired) electrons. The summed E-state index contributed by atoms with van der Waals surface area (Å²) in [6.45, 7) is 1.78. The minimum Gasteiger partial charge on any atom is -0.391 e. The van der Waals surface area contributed by atoms with Crippen LogP contribution in [-0.2, 0) is 6.42 Å². The van der Waals surface area contributed by atoms with E-state index in [1.807, 2.05) is 30.3 Å². The van der Waals surface area contributed by atoms with Crippen LogP contribution in [0.25, 0.3) is 0 Å². The molecule has 0 spiro atoms. The Morgan fingerprint density at radius 3 is 2.43 bits per heavy atom. The molecule has 0 aliphatic carbocycles. The molecule has 0 aliphatic heterocycles. The standard InChI is InChI=1S/C17H18ClNO2/c1-12(16(20)11-13-7-3-2-4-8-13)19-17(21)14-9-5-6-10-15(14)18/h2-10,12,16,20H,11H2,1H3,(H,19,21)/t12-,16+/m1/s1. The second-order valence-electron chi connectivity index (χ2n) is 5.00. The van der Waals surface area contributed by atoms with Crippen LogP contribution in [0.15, 0.2) is 54.6 Å². The Balaban J connectivity index is 1.96. The summed E-state index contributed by atoms with van der Waals surface area (Å²) in [5.74, 6) is -0.278. The first-order chi connectivity index (χ1) is 10.1. The minimum atomic E-state index is -0.654. The van der Waals surface area contributed by atoms with Crippen LogP contribution in [0, 0.1) is 0 Å².